The van der Waals surface area contributed by atoms with Crippen LogP contribution in [0.1, 0.15) is 23.2 Å². The van der Waals surface area contributed by atoms with Crippen LogP contribution in [0.25, 0.3) is 0 Å². The van der Waals surface area contributed by atoms with Crippen molar-refractivity contribution in [2.75, 3.05) is 51.0 Å². The lowest BCUT2D eigenvalue weighted by molar-refractivity contribution is -0.135. The Balaban J connectivity index is 1.39. The Bertz CT molecular complexity index is 1090. The van der Waals surface area contributed by atoms with Crippen molar-refractivity contribution in [1.29, 1.82) is 0 Å². The van der Waals surface area contributed by atoms with Gasteiger partial charge in [0, 0.05) is 37.7 Å². The van der Waals surface area contributed by atoms with Gasteiger partial charge in [0.05, 0.1) is 23.9 Å². The normalized spacial score (nSPS) is 15.5. The Hall–Kier alpha value is -3.17. The Labute approximate surface area is 201 Å². The monoisotopic (exact) mass is 490 g/mol. The largest absolute Gasteiger partial charge is 0.485 e. The summed E-state index contributed by atoms with van der Waals surface area (Å²) in [5.41, 5.74) is 0.811. The number of ketones is 1. The fourth-order valence-corrected chi connectivity index (χ4v) is 3.95. The van der Waals surface area contributed by atoms with E-state index in [-0.39, 0.29) is 41.6 Å². The number of anilines is 1. The molecule has 0 spiro atoms. The molecule has 2 amide bonds. The average molecular weight is 491 g/mol. The maximum absolute atomic E-state index is 13.3. The van der Waals surface area contributed by atoms with Gasteiger partial charge in [-0.05, 0) is 36.8 Å². The molecule has 10 heteroatoms. The molecule has 0 bridgehead atoms. The van der Waals surface area contributed by atoms with Gasteiger partial charge in [-0.25, -0.2) is 4.39 Å². The van der Waals surface area contributed by atoms with Crippen LogP contribution in [-0.4, -0.2) is 68.6 Å². The molecular formula is C24H24ClFN2O6. The zero-order valence-electron chi connectivity index (χ0n) is 18.4. The van der Waals surface area contributed by atoms with Crippen molar-refractivity contribution < 1.29 is 33.0 Å². The first kappa shape index (κ1) is 24.0. The van der Waals surface area contributed by atoms with Gasteiger partial charge in [-0.1, -0.05) is 11.6 Å². The molecule has 4 rings (SSSR count). The number of benzene rings is 2. The van der Waals surface area contributed by atoms with Crippen LogP contribution in [0.3, 0.4) is 0 Å². The second-order valence-corrected chi connectivity index (χ2v) is 8.31. The Morgan fingerprint density at radius 2 is 1.91 bits per heavy atom. The number of rotatable bonds is 8. The smallest absolute Gasteiger partial charge is 0.265 e. The average Bonchev–Trinajstić information content (AvgIpc) is 2.86. The van der Waals surface area contributed by atoms with Gasteiger partial charge >= 0.3 is 0 Å². The molecule has 34 heavy (non-hydrogen) atoms. The second-order valence-electron chi connectivity index (χ2n) is 7.90. The van der Waals surface area contributed by atoms with Gasteiger partial charge < -0.3 is 24.0 Å². The number of Topliss-reactive ketones (excluding diaryl/α,β-unsaturated/α-hetero) is 1. The topological polar surface area (TPSA) is 85.4 Å². The molecule has 1 saturated heterocycles. The number of hydrogen-bond acceptors (Lipinski definition) is 6. The molecule has 0 radical (unpaired) electrons. The summed E-state index contributed by atoms with van der Waals surface area (Å²) in [6.07, 6.45) is 0.792. The number of morpholine rings is 1. The molecular weight excluding hydrogens is 467 g/mol. The first-order chi connectivity index (χ1) is 16.4. The molecule has 8 nitrogen and oxygen atoms in total. The highest BCUT2D eigenvalue weighted by Gasteiger charge is 2.27. The van der Waals surface area contributed by atoms with Crippen molar-refractivity contribution in [2.24, 2.45) is 0 Å². The minimum Gasteiger partial charge on any atom is -0.485 e. The molecule has 2 aliphatic rings. The van der Waals surface area contributed by atoms with Crippen molar-refractivity contribution in [2.45, 2.75) is 12.8 Å². The summed E-state index contributed by atoms with van der Waals surface area (Å²) in [5.74, 6) is -0.362. The van der Waals surface area contributed by atoms with E-state index in [1.807, 2.05) is 0 Å². The minimum absolute atomic E-state index is 0.0335. The van der Waals surface area contributed by atoms with E-state index in [0.717, 1.165) is 6.07 Å². The van der Waals surface area contributed by atoms with Crippen LogP contribution in [0.5, 0.6) is 11.5 Å². The fraction of sp³-hybridized carbons (Fsp3) is 0.375. The third-order valence-electron chi connectivity index (χ3n) is 5.62. The lowest BCUT2D eigenvalue weighted by atomic mass is 10.1. The summed E-state index contributed by atoms with van der Waals surface area (Å²) in [7, 11) is 0. The zero-order valence-corrected chi connectivity index (χ0v) is 19.2. The van der Waals surface area contributed by atoms with E-state index in [2.05, 4.69) is 0 Å². The quantitative estimate of drug-likeness (QED) is 0.529. The Kier molecular flexibility index (Phi) is 7.64. The molecule has 2 aliphatic heterocycles. The maximum atomic E-state index is 13.3. The molecule has 2 heterocycles. The number of carbonyl (C=O) groups is 3. The summed E-state index contributed by atoms with van der Waals surface area (Å²) in [6.45, 7) is 2.17. The van der Waals surface area contributed by atoms with E-state index in [1.165, 1.54) is 12.1 Å². The summed E-state index contributed by atoms with van der Waals surface area (Å²) < 4.78 is 29.5. The summed E-state index contributed by atoms with van der Waals surface area (Å²) in [5, 5.41) is -0.0999. The van der Waals surface area contributed by atoms with Gasteiger partial charge in [0.2, 0.25) is 5.91 Å². The fourth-order valence-electron chi connectivity index (χ4n) is 3.78. The van der Waals surface area contributed by atoms with Crippen molar-refractivity contribution >= 4 is 34.9 Å². The molecule has 2 aromatic rings. The first-order valence-electron chi connectivity index (χ1n) is 11.0. The highest BCUT2D eigenvalue weighted by atomic mass is 35.5. The zero-order chi connectivity index (χ0) is 24.1. The second kappa shape index (κ2) is 10.8. The van der Waals surface area contributed by atoms with Crippen molar-refractivity contribution in [3.8, 4) is 11.5 Å². The molecule has 0 saturated carbocycles. The van der Waals surface area contributed by atoms with Gasteiger partial charge in [-0.15, -0.1) is 0 Å². The van der Waals surface area contributed by atoms with Gasteiger partial charge in [0.1, 0.15) is 17.3 Å². The number of halogens is 2. The molecule has 2 aromatic carbocycles. The van der Waals surface area contributed by atoms with E-state index in [4.69, 9.17) is 25.8 Å². The van der Waals surface area contributed by atoms with Crippen LogP contribution < -0.4 is 14.4 Å². The van der Waals surface area contributed by atoms with Crippen LogP contribution in [0.2, 0.25) is 5.02 Å². The summed E-state index contributed by atoms with van der Waals surface area (Å²) >= 11 is 5.74. The SMILES string of the molecule is O=C(COc1ccc(F)c(Cl)c1)c1ccc2c(c1)N(CCCC(=O)N1CCOCC1)C(=O)CO2. The highest BCUT2D eigenvalue weighted by molar-refractivity contribution is 6.30. The van der Waals surface area contributed by atoms with Gasteiger partial charge in [-0.3, -0.25) is 14.4 Å². The molecule has 0 N–H and O–H groups in total. The van der Waals surface area contributed by atoms with Gasteiger partial charge in [0.25, 0.3) is 5.91 Å². The number of nitrogens with zero attached hydrogens (tertiary/aromatic N) is 2. The predicted octanol–water partition coefficient (Wildman–Crippen LogP) is 3.11. The third-order valence-corrected chi connectivity index (χ3v) is 5.91. The van der Waals surface area contributed by atoms with Gasteiger partial charge in [-0.2, -0.15) is 0 Å². The standard InChI is InChI=1S/C24H24ClFN2O6/c25-18-13-17(4-5-19(18)26)33-14-21(29)16-3-6-22-20(12-16)28(24(31)15-34-22)7-1-2-23(30)27-8-10-32-11-9-27/h3-6,12-13H,1-2,7-11,14-15H2. The number of amides is 2. The number of hydrogen-bond donors (Lipinski definition) is 0. The molecule has 0 aliphatic carbocycles. The van der Waals surface area contributed by atoms with Crippen LogP contribution in [0, 0.1) is 5.82 Å². The van der Waals surface area contributed by atoms with E-state index in [9.17, 15) is 18.8 Å². The van der Waals surface area contributed by atoms with Crippen LogP contribution in [0.15, 0.2) is 36.4 Å². The van der Waals surface area contributed by atoms with E-state index in [0.29, 0.717) is 62.7 Å². The molecule has 0 unspecified atom stereocenters. The van der Waals surface area contributed by atoms with E-state index >= 15 is 0 Å². The molecule has 0 atom stereocenters. The summed E-state index contributed by atoms with van der Waals surface area (Å²) in [6, 6.07) is 8.65. The van der Waals surface area contributed by atoms with Crippen molar-refractivity contribution in [3.63, 3.8) is 0 Å². The molecule has 1 fully saturated rings. The Morgan fingerprint density at radius 1 is 1.12 bits per heavy atom. The van der Waals surface area contributed by atoms with Crippen LogP contribution >= 0.6 is 11.6 Å². The highest BCUT2D eigenvalue weighted by Crippen LogP contribution is 2.33. The molecule has 180 valence electrons. The minimum atomic E-state index is -0.577. The maximum Gasteiger partial charge on any atom is 0.265 e. The number of fused-ring (bicyclic) bond motifs is 1. The first-order valence-corrected chi connectivity index (χ1v) is 11.3. The number of carbonyl (C=O) groups excluding carboxylic acids is 3. The Morgan fingerprint density at radius 3 is 2.68 bits per heavy atom. The predicted molar refractivity (Wildman–Crippen MR) is 122 cm³/mol. The number of ether oxygens (including phenoxy) is 3. The lowest BCUT2D eigenvalue weighted by Crippen LogP contribution is -2.42. The van der Waals surface area contributed by atoms with Crippen LogP contribution in [-0.2, 0) is 14.3 Å². The third kappa shape index (κ3) is 5.66. The lowest BCUT2D eigenvalue weighted by Gasteiger charge is -2.30. The van der Waals surface area contributed by atoms with Crippen molar-refractivity contribution in [3.05, 3.63) is 52.8 Å². The van der Waals surface area contributed by atoms with Gasteiger partial charge in [0.15, 0.2) is 19.0 Å². The van der Waals surface area contributed by atoms with E-state index < -0.39 is 5.82 Å². The molecule has 0 aromatic heterocycles. The van der Waals surface area contributed by atoms with Crippen molar-refractivity contribution in [1.82, 2.24) is 4.90 Å². The van der Waals surface area contributed by atoms with E-state index in [1.54, 1.807) is 28.0 Å². The van der Waals surface area contributed by atoms with Crippen LogP contribution in [0.4, 0.5) is 10.1 Å². The summed E-state index contributed by atoms with van der Waals surface area (Å²) in [4.78, 5) is 40.9.